The van der Waals surface area contributed by atoms with E-state index in [9.17, 15) is 0 Å². The number of nitrogens with zero attached hydrogens (tertiary/aromatic N) is 2. The van der Waals surface area contributed by atoms with Crippen LogP contribution in [0.25, 0.3) is 0 Å². The van der Waals surface area contributed by atoms with Gasteiger partial charge >= 0.3 is 0 Å². The molecule has 1 aliphatic rings. The highest BCUT2D eigenvalue weighted by atomic mass is 16.5. The van der Waals surface area contributed by atoms with E-state index in [4.69, 9.17) is 9.47 Å². The molecule has 0 aromatic carbocycles. The molecule has 1 aromatic rings. The van der Waals surface area contributed by atoms with E-state index in [2.05, 4.69) is 36.1 Å². The van der Waals surface area contributed by atoms with E-state index < -0.39 is 0 Å². The minimum atomic E-state index is 0.324. The molecular weight excluding hydrogens is 254 g/mol. The predicted molar refractivity (Wildman–Crippen MR) is 79.3 cm³/mol. The Morgan fingerprint density at radius 3 is 2.95 bits per heavy atom. The van der Waals surface area contributed by atoms with Crippen LogP contribution in [0, 0.1) is 5.92 Å². The first-order chi connectivity index (χ1) is 9.72. The lowest BCUT2D eigenvalue weighted by atomic mass is 10.1. The Bertz CT molecular complexity index is 418. The van der Waals surface area contributed by atoms with Crippen LogP contribution in [0.5, 0.6) is 5.88 Å². The Kier molecular flexibility index (Phi) is 5.59. The van der Waals surface area contributed by atoms with Gasteiger partial charge in [0.05, 0.1) is 18.8 Å². The van der Waals surface area contributed by atoms with E-state index >= 15 is 0 Å². The third-order valence-electron chi connectivity index (χ3n) is 3.45. The average molecular weight is 279 g/mol. The van der Waals surface area contributed by atoms with Crippen molar-refractivity contribution < 1.29 is 9.47 Å². The standard InChI is InChI=1S/C15H25N3O2/c1-4-6-16-14-13(11(2)3)15(18-10-17-14)20-9-12-5-7-19-8-12/h10-12H,4-9H2,1-3H3,(H,16,17,18). The first-order valence-corrected chi connectivity index (χ1v) is 7.51. The number of hydrogen-bond acceptors (Lipinski definition) is 5. The molecule has 5 nitrogen and oxygen atoms in total. The van der Waals surface area contributed by atoms with Crippen molar-refractivity contribution in [3.05, 3.63) is 11.9 Å². The van der Waals surface area contributed by atoms with Gasteiger partial charge < -0.3 is 14.8 Å². The van der Waals surface area contributed by atoms with Gasteiger partial charge in [-0.3, -0.25) is 0 Å². The number of rotatable bonds is 7. The molecule has 0 saturated carbocycles. The molecule has 0 amide bonds. The van der Waals surface area contributed by atoms with Crippen LogP contribution in [0.2, 0.25) is 0 Å². The second-order valence-electron chi connectivity index (χ2n) is 5.56. The molecule has 1 saturated heterocycles. The summed E-state index contributed by atoms with van der Waals surface area (Å²) >= 11 is 0. The molecule has 1 N–H and O–H groups in total. The third kappa shape index (κ3) is 3.82. The fourth-order valence-corrected chi connectivity index (χ4v) is 2.31. The van der Waals surface area contributed by atoms with Crippen LogP contribution < -0.4 is 10.1 Å². The van der Waals surface area contributed by atoms with E-state index in [0.29, 0.717) is 24.3 Å². The Balaban J connectivity index is 2.09. The summed E-state index contributed by atoms with van der Waals surface area (Å²) < 4.78 is 11.3. The van der Waals surface area contributed by atoms with E-state index in [-0.39, 0.29) is 0 Å². The van der Waals surface area contributed by atoms with Crippen LogP contribution in [0.4, 0.5) is 5.82 Å². The summed E-state index contributed by atoms with van der Waals surface area (Å²) in [5, 5.41) is 3.36. The van der Waals surface area contributed by atoms with Crippen molar-refractivity contribution in [3.63, 3.8) is 0 Å². The van der Waals surface area contributed by atoms with Crippen LogP contribution in [-0.4, -0.2) is 36.3 Å². The van der Waals surface area contributed by atoms with Gasteiger partial charge in [0.1, 0.15) is 12.1 Å². The summed E-state index contributed by atoms with van der Waals surface area (Å²) in [7, 11) is 0. The fourth-order valence-electron chi connectivity index (χ4n) is 2.31. The largest absolute Gasteiger partial charge is 0.477 e. The highest BCUT2D eigenvalue weighted by molar-refractivity contribution is 5.50. The molecule has 2 rings (SSSR count). The minimum absolute atomic E-state index is 0.324. The second kappa shape index (κ2) is 7.43. The van der Waals surface area contributed by atoms with Gasteiger partial charge in [-0.05, 0) is 18.8 Å². The van der Waals surface area contributed by atoms with E-state index in [0.717, 1.165) is 44.0 Å². The average Bonchev–Trinajstić information content (AvgIpc) is 2.95. The summed E-state index contributed by atoms with van der Waals surface area (Å²) in [6.07, 6.45) is 3.71. The molecule has 0 radical (unpaired) electrons. The maximum Gasteiger partial charge on any atom is 0.222 e. The van der Waals surface area contributed by atoms with Crippen molar-refractivity contribution in [2.45, 2.75) is 39.5 Å². The molecule has 1 atom stereocenters. The normalized spacial score (nSPS) is 18.5. The minimum Gasteiger partial charge on any atom is -0.477 e. The van der Waals surface area contributed by atoms with Crippen LogP contribution in [0.3, 0.4) is 0 Å². The summed E-state index contributed by atoms with van der Waals surface area (Å²) in [6, 6.07) is 0. The summed E-state index contributed by atoms with van der Waals surface area (Å²) in [4.78, 5) is 8.67. The molecule has 1 fully saturated rings. The first kappa shape index (κ1) is 15.0. The zero-order valence-electron chi connectivity index (χ0n) is 12.7. The van der Waals surface area contributed by atoms with Crippen LogP contribution in [0.15, 0.2) is 6.33 Å². The monoisotopic (exact) mass is 279 g/mol. The molecule has 0 aliphatic carbocycles. The molecule has 1 unspecified atom stereocenters. The lowest BCUT2D eigenvalue weighted by molar-refractivity contribution is 0.165. The van der Waals surface area contributed by atoms with Crippen LogP contribution in [-0.2, 0) is 4.74 Å². The van der Waals surface area contributed by atoms with Crippen molar-refractivity contribution >= 4 is 5.82 Å². The van der Waals surface area contributed by atoms with Gasteiger partial charge in [-0.15, -0.1) is 0 Å². The highest BCUT2D eigenvalue weighted by Gasteiger charge is 2.20. The van der Waals surface area contributed by atoms with Crippen molar-refractivity contribution in [1.29, 1.82) is 0 Å². The Morgan fingerprint density at radius 2 is 2.30 bits per heavy atom. The summed E-state index contributed by atoms with van der Waals surface area (Å²) in [5.41, 5.74) is 1.07. The van der Waals surface area contributed by atoms with Gasteiger partial charge in [-0.25, -0.2) is 9.97 Å². The zero-order chi connectivity index (χ0) is 14.4. The number of hydrogen-bond donors (Lipinski definition) is 1. The van der Waals surface area contributed by atoms with Gasteiger partial charge in [0.2, 0.25) is 5.88 Å². The van der Waals surface area contributed by atoms with Crippen molar-refractivity contribution in [3.8, 4) is 5.88 Å². The molecule has 2 heterocycles. The highest BCUT2D eigenvalue weighted by Crippen LogP contribution is 2.30. The fraction of sp³-hybridized carbons (Fsp3) is 0.733. The molecule has 1 aliphatic heterocycles. The molecule has 20 heavy (non-hydrogen) atoms. The van der Waals surface area contributed by atoms with Gasteiger partial charge in [0, 0.05) is 19.1 Å². The molecule has 1 aromatic heterocycles. The first-order valence-electron chi connectivity index (χ1n) is 7.51. The Morgan fingerprint density at radius 1 is 1.45 bits per heavy atom. The number of aromatic nitrogens is 2. The zero-order valence-corrected chi connectivity index (χ0v) is 12.7. The predicted octanol–water partition coefficient (Wildman–Crippen LogP) is 2.84. The van der Waals surface area contributed by atoms with E-state index in [1.54, 1.807) is 6.33 Å². The van der Waals surface area contributed by atoms with Crippen molar-refractivity contribution in [2.24, 2.45) is 5.92 Å². The number of nitrogens with one attached hydrogen (secondary N) is 1. The molecule has 112 valence electrons. The second-order valence-corrected chi connectivity index (χ2v) is 5.56. The lowest BCUT2D eigenvalue weighted by Crippen LogP contribution is -2.15. The quantitative estimate of drug-likeness (QED) is 0.831. The third-order valence-corrected chi connectivity index (χ3v) is 3.45. The smallest absolute Gasteiger partial charge is 0.222 e. The number of anilines is 1. The van der Waals surface area contributed by atoms with Crippen molar-refractivity contribution in [2.75, 3.05) is 31.7 Å². The van der Waals surface area contributed by atoms with E-state index in [1.165, 1.54) is 0 Å². The van der Waals surface area contributed by atoms with Crippen LogP contribution in [0.1, 0.15) is 45.1 Å². The van der Waals surface area contributed by atoms with Crippen LogP contribution >= 0.6 is 0 Å². The van der Waals surface area contributed by atoms with Gasteiger partial charge in [-0.2, -0.15) is 0 Å². The summed E-state index contributed by atoms with van der Waals surface area (Å²) in [5.74, 6) is 2.41. The molecule has 5 heteroatoms. The summed E-state index contributed by atoms with van der Waals surface area (Å²) in [6.45, 7) is 9.64. The molecule has 0 spiro atoms. The Hall–Kier alpha value is -1.36. The molecular formula is C15H25N3O2. The van der Waals surface area contributed by atoms with E-state index in [1.807, 2.05) is 0 Å². The van der Waals surface area contributed by atoms with Gasteiger partial charge in [0.15, 0.2) is 0 Å². The topological polar surface area (TPSA) is 56.3 Å². The van der Waals surface area contributed by atoms with Gasteiger partial charge in [-0.1, -0.05) is 20.8 Å². The Labute approximate surface area is 121 Å². The molecule has 0 bridgehead atoms. The van der Waals surface area contributed by atoms with Gasteiger partial charge in [0.25, 0.3) is 0 Å². The number of ether oxygens (including phenoxy) is 2. The lowest BCUT2D eigenvalue weighted by Gasteiger charge is -2.18. The SMILES string of the molecule is CCCNc1ncnc(OCC2CCOC2)c1C(C)C. The van der Waals surface area contributed by atoms with Crippen molar-refractivity contribution in [1.82, 2.24) is 9.97 Å². The maximum absolute atomic E-state index is 5.93. The maximum atomic E-state index is 5.93.